The molecule has 0 aromatic heterocycles. The Hall–Kier alpha value is -2.91. The van der Waals surface area contributed by atoms with Crippen LogP contribution in [0.2, 0.25) is 0 Å². The van der Waals surface area contributed by atoms with E-state index in [9.17, 15) is 18.0 Å². The molecule has 2 aromatic rings. The molecule has 0 fully saturated rings. The van der Waals surface area contributed by atoms with E-state index in [1.807, 2.05) is 6.07 Å². The van der Waals surface area contributed by atoms with Crippen LogP contribution in [0.1, 0.15) is 6.92 Å². The van der Waals surface area contributed by atoms with Gasteiger partial charge in [-0.1, -0.05) is 24.3 Å². The van der Waals surface area contributed by atoms with Gasteiger partial charge in [-0.15, -0.1) is 0 Å². The summed E-state index contributed by atoms with van der Waals surface area (Å²) in [6.07, 6.45) is -0.893. The molecule has 2 aromatic carbocycles. The maximum absolute atomic E-state index is 11.9. The van der Waals surface area contributed by atoms with E-state index >= 15 is 0 Å². The van der Waals surface area contributed by atoms with Gasteiger partial charge < -0.3 is 14.8 Å². The molecule has 0 aliphatic carbocycles. The van der Waals surface area contributed by atoms with Gasteiger partial charge >= 0.3 is 5.97 Å². The van der Waals surface area contributed by atoms with Gasteiger partial charge in [0.15, 0.2) is 12.7 Å². The van der Waals surface area contributed by atoms with Crippen LogP contribution >= 0.6 is 0 Å². The fraction of sp³-hybridized carbons (Fsp3) is 0.176. The summed E-state index contributed by atoms with van der Waals surface area (Å²) >= 11 is 0. The molecule has 9 heteroatoms. The van der Waals surface area contributed by atoms with Crippen molar-refractivity contribution in [3.8, 4) is 5.75 Å². The summed E-state index contributed by atoms with van der Waals surface area (Å²) in [5.74, 6) is -0.833. The van der Waals surface area contributed by atoms with Crippen molar-refractivity contribution in [3.63, 3.8) is 0 Å². The van der Waals surface area contributed by atoms with Crippen molar-refractivity contribution in [2.45, 2.75) is 17.9 Å². The van der Waals surface area contributed by atoms with E-state index in [2.05, 4.69) is 5.32 Å². The van der Waals surface area contributed by atoms with Crippen LogP contribution in [-0.4, -0.2) is 33.0 Å². The summed E-state index contributed by atoms with van der Waals surface area (Å²) in [7, 11) is -3.88. The third-order valence-electron chi connectivity index (χ3n) is 3.18. The Labute approximate surface area is 151 Å². The van der Waals surface area contributed by atoms with E-state index in [0.717, 1.165) is 0 Å². The summed E-state index contributed by atoms with van der Waals surface area (Å²) in [5.41, 5.74) is 0.214. The molecule has 0 bridgehead atoms. The third kappa shape index (κ3) is 5.87. The number of carbonyl (C=O) groups is 2. The molecule has 0 aliphatic heterocycles. The lowest BCUT2D eigenvalue weighted by molar-refractivity contribution is -0.153. The van der Waals surface area contributed by atoms with Crippen LogP contribution in [0.15, 0.2) is 59.5 Å². The second kappa shape index (κ2) is 8.45. The largest absolute Gasteiger partial charge is 0.479 e. The fourth-order valence-corrected chi connectivity index (χ4v) is 2.51. The van der Waals surface area contributed by atoms with Crippen molar-refractivity contribution < 1.29 is 27.5 Å². The van der Waals surface area contributed by atoms with Gasteiger partial charge in [0.05, 0.1) is 4.90 Å². The molecule has 8 nitrogen and oxygen atoms in total. The van der Waals surface area contributed by atoms with Crippen molar-refractivity contribution in [1.29, 1.82) is 0 Å². The highest BCUT2D eigenvalue weighted by atomic mass is 32.2. The maximum atomic E-state index is 11.9. The lowest BCUT2D eigenvalue weighted by atomic mass is 10.3. The first-order chi connectivity index (χ1) is 12.3. The zero-order valence-corrected chi connectivity index (χ0v) is 14.7. The summed E-state index contributed by atoms with van der Waals surface area (Å²) in [4.78, 5) is 23.6. The summed E-state index contributed by atoms with van der Waals surface area (Å²) in [6, 6.07) is 14.1. The second-order valence-corrected chi connectivity index (χ2v) is 6.86. The zero-order chi connectivity index (χ0) is 19.2. The van der Waals surface area contributed by atoms with Gasteiger partial charge in [0.25, 0.3) is 5.91 Å². The molecular formula is C17H18N2O6S. The molecule has 138 valence electrons. The number of para-hydroxylation sites is 1. The summed E-state index contributed by atoms with van der Waals surface area (Å²) < 4.78 is 32.9. The molecule has 3 N–H and O–H groups in total. The normalized spacial score (nSPS) is 12.1. The highest BCUT2D eigenvalue weighted by molar-refractivity contribution is 7.89. The molecule has 0 unspecified atom stereocenters. The van der Waals surface area contributed by atoms with Gasteiger partial charge in [-0.3, -0.25) is 4.79 Å². The molecule has 1 atom stereocenters. The predicted molar refractivity (Wildman–Crippen MR) is 93.9 cm³/mol. The molecule has 0 aliphatic rings. The minimum atomic E-state index is -3.88. The van der Waals surface area contributed by atoms with Gasteiger partial charge in [0.2, 0.25) is 10.0 Å². The van der Waals surface area contributed by atoms with Crippen molar-refractivity contribution in [2.24, 2.45) is 5.14 Å². The van der Waals surface area contributed by atoms with Crippen molar-refractivity contribution >= 4 is 27.6 Å². The van der Waals surface area contributed by atoms with Gasteiger partial charge in [-0.05, 0) is 37.3 Å². The van der Waals surface area contributed by atoms with Crippen LogP contribution in [0.4, 0.5) is 5.69 Å². The number of nitrogens with two attached hydrogens (primary N) is 1. The predicted octanol–water partition coefficient (Wildman–Crippen LogP) is 1.28. The molecule has 2 rings (SSSR count). The standard InChI is InChI=1S/C17H18N2O6S/c1-12(25-14-7-3-2-4-8-14)17(21)24-11-16(20)19-13-6-5-9-15(10-13)26(18,22)23/h2-10,12H,11H2,1H3,(H,19,20)(H2,18,22,23)/t12-/m1/s1. The minimum Gasteiger partial charge on any atom is -0.479 e. The second-order valence-electron chi connectivity index (χ2n) is 5.30. The highest BCUT2D eigenvalue weighted by Gasteiger charge is 2.18. The van der Waals surface area contributed by atoms with Crippen molar-refractivity contribution in [3.05, 3.63) is 54.6 Å². The molecular weight excluding hydrogens is 360 g/mol. The number of carbonyl (C=O) groups excluding carboxylic acids is 2. The lowest BCUT2D eigenvalue weighted by Crippen LogP contribution is -2.29. The molecule has 1 amide bonds. The number of hydrogen-bond donors (Lipinski definition) is 2. The summed E-state index contributed by atoms with van der Waals surface area (Å²) in [5, 5.41) is 7.45. The zero-order valence-electron chi connectivity index (χ0n) is 13.9. The van der Waals surface area contributed by atoms with Gasteiger partial charge in [-0.2, -0.15) is 0 Å². The highest BCUT2D eigenvalue weighted by Crippen LogP contribution is 2.14. The number of esters is 1. The number of amides is 1. The topological polar surface area (TPSA) is 125 Å². The van der Waals surface area contributed by atoms with E-state index in [4.69, 9.17) is 14.6 Å². The van der Waals surface area contributed by atoms with Crippen LogP contribution in [0.25, 0.3) is 0 Å². The number of anilines is 1. The lowest BCUT2D eigenvalue weighted by Gasteiger charge is -2.14. The number of benzene rings is 2. The Morgan fingerprint density at radius 1 is 1.12 bits per heavy atom. The Bertz CT molecular complexity index is 883. The van der Waals surface area contributed by atoms with Crippen LogP contribution < -0.4 is 15.2 Å². The first kappa shape index (κ1) is 19.4. The quantitative estimate of drug-likeness (QED) is 0.699. The SMILES string of the molecule is C[C@@H](Oc1ccccc1)C(=O)OCC(=O)Nc1cccc(S(N)(=O)=O)c1. The molecule has 0 saturated heterocycles. The number of nitrogens with one attached hydrogen (secondary N) is 1. The fourth-order valence-electron chi connectivity index (χ4n) is 1.95. The Morgan fingerprint density at radius 3 is 2.46 bits per heavy atom. The first-order valence-electron chi connectivity index (χ1n) is 7.57. The monoisotopic (exact) mass is 378 g/mol. The van der Waals surface area contributed by atoms with Crippen molar-refractivity contribution in [2.75, 3.05) is 11.9 Å². The van der Waals surface area contributed by atoms with Crippen LogP contribution in [0.5, 0.6) is 5.75 Å². The van der Waals surface area contributed by atoms with E-state index < -0.39 is 34.6 Å². The third-order valence-corrected chi connectivity index (χ3v) is 4.09. The number of hydrogen-bond acceptors (Lipinski definition) is 6. The van der Waals surface area contributed by atoms with E-state index in [0.29, 0.717) is 5.75 Å². The average Bonchev–Trinajstić information content (AvgIpc) is 2.60. The Morgan fingerprint density at radius 2 is 1.81 bits per heavy atom. The number of ether oxygens (including phenoxy) is 2. The van der Waals surface area contributed by atoms with E-state index in [1.54, 1.807) is 24.3 Å². The van der Waals surface area contributed by atoms with Crippen LogP contribution in [0.3, 0.4) is 0 Å². The van der Waals surface area contributed by atoms with E-state index in [1.165, 1.54) is 31.2 Å². The van der Waals surface area contributed by atoms with Crippen LogP contribution in [-0.2, 0) is 24.3 Å². The van der Waals surface area contributed by atoms with E-state index in [-0.39, 0.29) is 10.6 Å². The maximum Gasteiger partial charge on any atom is 0.347 e. The number of sulfonamides is 1. The first-order valence-corrected chi connectivity index (χ1v) is 9.11. The van der Waals surface area contributed by atoms with Gasteiger partial charge in [0, 0.05) is 5.69 Å². The Balaban J connectivity index is 1.85. The van der Waals surface area contributed by atoms with Crippen molar-refractivity contribution in [1.82, 2.24) is 0 Å². The number of rotatable bonds is 7. The van der Waals surface area contributed by atoms with Crippen LogP contribution in [0, 0.1) is 0 Å². The molecule has 26 heavy (non-hydrogen) atoms. The number of primary sulfonamides is 1. The molecule has 0 heterocycles. The smallest absolute Gasteiger partial charge is 0.347 e. The van der Waals surface area contributed by atoms with Gasteiger partial charge in [0.1, 0.15) is 5.75 Å². The summed E-state index contributed by atoms with van der Waals surface area (Å²) in [6.45, 7) is 0.962. The average molecular weight is 378 g/mol. The van der Waals surface area contributed by atoms with Gasteiger partial charge in [-0.25, -0.2) is 18.4 Å². The molecule has 0 spiro atoms. The minimum absolute atomic E-state index is 0.142. The molecule has 0 saturated carbocycles. The Kier molecular flexibility index (Phi) is 6.31. The molecule has 0 radical (unpaired) electrons.